The first-order valence-corrected chi connectivity index (χ1v) is 8.31. The number of aliphatic carboxylic acids is 1. The Morgan fingerprint density at radius 2 is 1.88 bits per heavy atom. The summed E-state index contributed by atoms with van der Waals surface area (Å²) >= 11 is 1.18. The maximum Gasteiger partial charge on any atom is 0.341 e. The number of nitrogens with one attached hydrogen (secondary N) is 1. The van der Waals surface area contributed by atoms with E-state index in [1.54, 1.807) is 30.3 Å². The topological polar surface area (TPSA) is 88.0 Å². The Hall–Kier alpha value is -3.13. The molecule has 1 saturated heterocycles. The van der Waals surface area contributed by atoms with Gasteiger partial charge in [-0.2, -0.15) is 0 Å². The third kappa shape index (κ3) is 4.70. The number of aliphatic imine (C=N–C) groups is 1. The Kier molecular flexibility index (Phi) is 5.33. The second-order valence-electron chi connectivity index (χ2n) is 5.21. The molecule has 2 N–H and O–H groups in total. The molecule has 0 bridgehead atoms. The van der Waals surface area contributed by atoms with Gasteiger partial charge < -0.3 is 15.2 Å². The predicted octanol–water partition coefficient (Wildman–Crippen LogP) is 3.18. The van der Waals surface area contributed by atoms with Gasteiger partial charge in [-0.25, -0.2) is 14.2 Å². The van der Waals surface area contributed by atoms with Crippen LogP contribution in [-0.4, -0.2) is 28.8 Å². The fourth-order valence-corrected chi connectivity index (χ4v) is 2.91. The van der Waals surface area contributed by atoms with Crippen molar-refractivity contribution in [3.63, 3.8) is 0 Å². The Morgan fingerprint density at radius 1 is 1.19 bits per heavy atom. The molecule has 26 heavy (non-hydrogen) atoms. The zero-order valence-electron chi connectivity index (χ0n) is 13.3. The molecule has 1 amide bonds. The third-order valence-corrected chi connectivity index (χ3v) is 4.16. The molecule has 0 atom stereocenters. The zero-order chi connectivity index (χ0) is 18.5. The van der Waals surface area contributed by atoms with Crippen LogP contribution in [-0.2, 0) is 9.59 Å². The van der Waals surface area contributed by atoms with E-state index in [9.17, 15) is 14.0 Å². The second-order valence-corrected chi connectivity index (χ2v) is 6.24. The van der Waals surface area contributed by atoms with Crippen molar-refractivity contribution in [2.45, 2.75) is 0 Å². The maximum atomic E-state index is 12.9. The summed E-state index contributed by atoms with van der Waals surface area (Å²) < 4.78 is 18.0. The molecule has 1 aliphatic rings. The molecule has 0 spiro atoms. The number of ether oxygens (including phenoxy) is 1. The molecule has 2 aromatic carbocycles. The lowest BCUT2D eigenvalue weighted by Gasteiger charge is -2.03. The number of amides is 1. The number of nitrogens with zero attached hydrogens (tertiary/aromatic N) is 1. The zero-order valence-corrected chi connectivity index (χ0v) is 14.1. The molecular formula is C18H13FN2O4S. The summed E-state index contributed by atoms with van der Waals surface area (Å²) in [6.07, 6.45) is 1.69. The highest BCUT2D eigenvalue weighted by Gasteiger charge is 2.23. The minimum Gasteiger partial charge on any atom is -0.482 e. The molecule has 1 heterocycles. The first kappa shape index (κ1) is 17.7. The van der Waals surface area contributed by atoms with E-state index in [-0.39, 0.29) is 11.7 Å². The van der Waals surface area contributed by atoms with Gasteiger partial charge in [0.2, 0.25) is 0 Å². The van der Waals surface area contributed by atoms with Gasteiger partial charge in [0, 0.05) is 0 Å². The molecule has 0 aliphatic carbocycles. The number of thioether (sulfide) groups is 1. The minimum absolute atomic E-state index is 0.276. The van der Waals surface area contributed by atoms with Gasteiger partial charge in [0.05, 0.1) is 10.6 Å². The molecule has 132 valence electrons. The second kappa shape index (κ2) is 7.83. The monoisotopic (exact) mass is 372 g/mol. The minimum atomic E-state index is -1.05. The van der Waals surface area contributed by atoms with Crippen molar-refractivity contribution in [1.82, 2.24) is 5.32 Å². The van der Waals surface area contributed by atoms with E-state index in [1.807, 2.05) is 0 Å². The number of benzene rings is 2. The molecule has 0 aromatic heterocycles. The normalized spacial score (nSPS) is 16.7. The molecular weight excluding hydrogens is 359 g/mol. The van der Waals surface area contributed by atoms with E-state index >= 15 is 0 Å². The molecule has 6 nitrogen and oxygen atoms in total. The van der Waals surface area contributed by atoms with Crippen molar-refractivity contribution in [3.8, 4) is 5.75 Å². The summed E-state index contributed by atoms with van der Waals surface area (Å²) in [6.45, 7) is -0.415. The quantitative estimate of drug-likeness (QED) is 0.787. The summed E-state index contributed by atoms with van der Waals surface area (Å²) in [5, 5.41) is 11.6. The standard InChI is InChI=1S/C18H13FN2O4S/c19-12-3-5-13(6-4-12)20-18-21-17(24)15(26-18)9-11-1-7-14(8-2-11)25-10-16(22)23/h1-9H,10H2,(H,22,23)(H,20,21,24)/b15-9+. The first-order valence-electron chi connectivity index (χ1n) is 7.49. The van der Waals surface area contributed by atoms with Crippen molar-refractivity contribution in [1.29, 1.82) is 0 Å². The van der Waals surface area contributed by atoms with Gasteiger partial charge in [-0.05, 0) is 59.8 Å². The number of rotatable bonds is 5. The molecule has 2 aromatic rings. The van der Waals surface area contributed by atoms with Crippen LogP contribution in [0.2, 0.25) is 0 Å². The summed E-state index contributed by atoms with van der Waals surface area (Å²) in [5.41, 5.74) is 1.30. The van der Waals surface area contributed by atoms with Crippen molar-refractivity contribution in [3.05, 3.63) is 64.8 Å². The molecule has 0 unspecified atom stereocenters. The molecule has 8 heteroatoms. The highest BCUT2D eigenvalue weighted by molar-refractivity contribution is 8.18. The lowest BCUT2D eigenvalue weighted by atomic mass is 10.2. The Labute approximate surface area is 152 Å². The van der Waals surface area contributed by atoms with Crippen LogP contribution in [0.1, 0.15) is 5.56 Å². The van der Waals surface area contributed by atoms with Gasteiger partial charge >= 0.3 is 5.97 Å². The molecule has 3 rings (SSSR count). The highest BCUT2D eigenvalue weighted by atomic mass is 32.2. The average molecular weight is 372 g/mol. The van der Waals surface area contributed by atoms with Gasteiger partial charge in [-0.1, -0.05) is 12.1 Å². The van der Waals surface area contributed by atoms with Gasteiger partial charge in [0.15, 0.2) is 11.8 Å². The van der Waals surface area contributed by atoms with Gasteiger partial charge in [0.1, 0.15) is 11.6 Å². The van der Waals surface area contributed by atoms with Crippen molar-refractivity contribution in [2.75, 3.05) is 6.61 Å². The third-order valence-electron chi connectivity index (χ3n) is 3.25. The molecule has 1 fully saturated rings. The maximum absolute atomic E-state index is 12.9. The summed E-state index contributed by atoms with van der Waals surface area (Å²) in [7, 11) is 0. The Morgan fingerprint density at radius 3 is 2.54 bits per heavy atom. The number of halogens is 1. The van der Waals surface area contributed by atoms with E-state index in [1.165, 1.54) is 36.0 Å². The molecule has 0 saturated carbocycles. The van der Waals surface area contributed by atoms with E-state index in [0.717, 1.165) is 5.56 Å². The van der Waals surface area contributed by atoms with Crippen LogP contribution in [0.25, 0.3) is 6.08 Å². The van der Waals surface area contributed by atoms with Crippen LogP contribution < -0.4 is 10.1 Å². The number of carbonyl (C=O) groups is 2. The number of carbonyl (C=O) groups excluding carboxylic acids is 1. The van der Waals surface area contributed by atoms with Crippen molar-refractivity contribution < 1.29 is 23.8 Å². The van der Waals surface area contributed by atoms with Crippen LogP contribution in [0.4, 0.5) is 10.1 Å². The molecule has 1 aliphatic heterocycles. The lowest BCUT2D eigenvalue weighted by molar-refractivity contribution is -0.139. The summed E-state index contributed by atoms with van der Waals surface area (Å²) in [6, 6.07) is 12.3. The van der Waals surface area contributed by atoms with E-state index in [4.69, 9.17) is 9.84 Å². The number of hydrogen-bond donors (Lipinski definition) is 2. The van der Waals surface area contributed by atoms with Crippen LogP contribution in [0.15, 0.2) is 58.4 Å². The van der Waals surface area contributed by atoms with Crippen LogP contribution in [0.3, 0.4) is 0 Å². The molecule has 0 radical (unpaired) electrons. The number of carboxylic acids is 1. The Balaban J connectivity index is 1.70. The predicted molar refractivity (Wildman–Crippen MR) is 96.8 cm³/mol. The first-order chi connectivity index (χ1) is 12.5. The van der Waals surface area contributed by atoms with Gasteiger partial charge in [-0.15, -0.1) is 0 Å². The van der Waals surface area contributed by atoms with Crippen molar-refractivity contribution >= 4 is 40.6 Å². The van der Waals surface area contributed by atoms with Gasteiger partial charge in [-0.3, -0.25) is 4.79 Å². The van der Waals surface area contributed by atoms with Crippen molar-refractivity contribution in [2.24, 2.45) is 4.99 Å². The SMILES string of the molecule is O=C(O)COc1ccc(/C=C2/SC(=Nc3ccc(F)cc3)NC2=O)cc1. The van der Waals surface area contributed by atoms with Crippen LogP contribution in [0.5, 0.6) is 5.75 Å². The summed E-state index contributed by atoms with van der Waals surface area (Å²) in [4.78, 5) is 27.2. The van der Waals surface area contributed by atoms with E-state index in [2.05, 4.69) is 10.3 Å². The van der Waals surface area contributed by atoms with Gasteiger partial charge in [0.25, 0.3) is 5.91 Å². The van der Waals surface area contributed by atoms with E-state index < -0.39 is 12.6 Å². The fourth-order valence-electron chi connectivity index (χ4n) is 2.07. The number of hydrogen-bond acceptors (Lipinski definition) is 5. The number of amidine groups is 1. The average Bonchev–Trinajstić information content (AvgIpc) is 2.95. The van der Waals surface area contributed by atoms with Crippen LogP contribution in [0, 0.1) is 5.82 Å². The number of carboxylic acid groups (broad SMARTS) is 1. The Bertz CT molecular complexity index is 892. The lowest BCUT2D eigenvalue weighted by Crippen LogP contribution is -2.19. The fraction of sp³-hybridized carbons (Fsp3) is 0.0556. The largest absolute Gasteiger partial charge is 0.482 e. The van der Waals surface area contributed by atoms with E-state index in [0.29, 0.717) is 21.5 Å². The summed E-state index contributed by atoms with van der Waals surface area (Å²) in [5.74, 6) is -1.25. The smallest absolute Gasteiger partial charge is 0.341 e. The highest BCUT2D eigenvalue weighted by Crippen LogP contribution is 2.28. The van der Waals surface area contributed by atoms with Crippen LogP contribution >= 0.6 is 11.8 Å².